The summed E-state index contributed by atoms with van der Waals surface area (Å²) in [6.07, 6.45) is 0. The van der Waals surface area contributed by atoms with Crippen molar-refractivity contribution in [3.05, 3.63) is 0 Å². The van der Waals surface area contributed by atoms with Crippen LogP contribution in [0.5, 0.6) is 0 Å². The molecule has 0 amide bonds. The molecular weight excluding hydrogens is 172 g/mol. The number of rotatable bonds is 0. The van der Waals surface area contributed by atoms with Gasteiger partial charge in [0.15, 0.2) is 0 Å². The second kappa shape index (κ2) is 16.9. The molecule has 0 saturated heterocycles. The minimum absolute atomic E-state index is 0. The van der Waals surface area contributed by atoms with Gasteiger partial charge in [-0.3, -0.25) is 0 Å². The summed E-state index contributed by atoms with van der Waals surface area (Å²) in [7, 11) is -5.99. The summed E-state index contributed by atoms with van der Waals surface area (Å²) in [4.78, 5) is 38.7. The van der Waals surface area contributed by atoms with Crippen LogP contribution in [0.1, 0.15) is 0 Å². The van der Waals surface area contributed by atoms with Crippen LogP contribution in [-0.2, 0) is 4.57 Å². The monoisotopic (exact) mass is 175 g/mol. The molecule has 0 unspecified atom stereocenters. The maximum absolute atomic E-state index is 8.48. The van der Waals surface area contributed by atoms with Crippen molar-refractivity contribution in [1.29, 1.82) is 0 Å². The van der Waals surface area contributed by atoms with E-state index < -0.39 is 16.9 Å². The normalized spacial score (nSPS) is 6.20. The first-order valence-electron chi connectivity index (χ1n) is 1.15. The quantitative estimate of drug-likeness (QED) is 0.248. The largest absolute Gasteiger partial charge is 1.00 e. The zero-order valence-corrected chi connectivity index (χ0v) is 7.25. The molecule has 0 aromatic heterocycles. The van der Waals surface area contributed by atoms with E-state index in [1.165, 1.54) is 0 Å². The van der Waals surface area contributed by atoms with Crippen molar-refractivity contribution in [2.75, 3.05) is 0 Å². The Labute approximate surface area is 83.6 Å². The maximum atomic E-state index is 8.48. The molecule has 0 radical (unpaired) electrons. The Bertz CT molecular complexity index is 58.0. The Morgan fingerprint density at radius 1 is 1.10 bits per heavy atom. The van der Waals surface area contributed by atoms with Crippen molar-refractivity contribution in [2.24, 2.45) is 0 Å². The van der Waals surface area contributed by atoms with Gasteiger partial charge in [0.25, 0.3) is 8.25 Å². The molecule has 0 heterocycles. The molecule has 0 aromatic rings. The van der Waals surface area contributed by atoms with Crippen molar-refractivity contribution < 1.29 is 66.8 Å². The molecule has 0 atom stereocenters. The molecule has 50 valence electrons. The Morgan fingerprint density at radius 3 is 1.10 bits per heavy atom. The second-order valence-corrected chi connectivity index (χ2v) is 1.48. The minimum atomic E-state index is -3.37. The molecule has 0 fully saturated rings. The van der Waals surface area contributed by atoms with Gasteiger partial charge in [-0.2, -0.15) is 0 Å². The first-order valence-corrected chi connectivity index (χ1v) is 3.44. The van der Waals surface area contributed by atoms with Gasteiger partial charge in [0.2, 0.25) is 0 Å². The van der Waals surface area contributed by atoms with Gasteiger partial charge in [-0.05, 0) is 0 Å². The third-order valence-electron chi connectivity index (χ3n) is 0. The fourth-order valence-corrected chi connectivity index (χ4v) is 0. The summed E-state index contributed by atoms with van der Waals surface area (Å²) < 4.78 is 8.48. The van der Waals surface area contributed by atoms with Gasteiger partial charge in [-0.15, -0.1) is 0 Å². The summed E-state index contributed by atoms with van der Waals surface area (Å²) in [5, 5.41) is 0. The van der Waals surface area contributed by atoms with Crippen molar-refractivity contribution in [3.8, 4) is 0 Å². The van der Waals surface area contributed by atoms with Crippen LogP contribution < -0.4 is 47.5 Å². The van der Waals surface area contributed by atoms with E-state index in [1.54, 1.807) is 0 Å². The molecule has 10 heteroatoms. The van der Waals surface area contributed by atoms with Crippen LogP contribution in [-0.4, -0.2) is 14.7 Å². The third-order valence-corrected chi connectivity index (χ3v) is 0. The molecule has 0 spiro atoms. The van der Waals surface area contributed by atoms with E-state index in [0.717, 1.165) is 0 Å². The molecule has 0 aliphatic rings. The first kappa shape index (κ1) is 22.5. The third kappa shape index (κ3) is 298. The van der Waals surface area contributed by atoms with Gasteiger partial charge in [0, 0.05) is 0 Å². The van der Waals surface area contributed by atoms with Crippen LogP contribution in [0.25, 0.3) is 0 Å². The van der Waals surface area contributed by atoms with E-state index in [1.807, 2.05) is 0 Å². The topological polar surface area (TPSA) is 124 Å². The van der Waals surface area contributed by atoms with E-state index in [2.05, 4.69) is 0 Å². The molecule has 0 bridgehead atoms. The van der Waals surface area contributed by atoms with Crippen LogP contribution in [0.4, 0.5) is 0 Å². The van der Waals surface area contributed by atoms with E-state index in [9.17, 15) is 0 Å². The first-order chi connectivity index (χ1) is 3.46. The van der Waals surface area contributed by atoms with Crippen LogP contribution in [0.3, 0.4) is 0 Å². The fraction of sp³-hybridized carbons (Fsp3) is 0. The SMILES string of the molecule is O=[P+]([O-])[O-].OP(O)O.[Li+].[Li+]. The van der Waals surface area contributed by atoms with Gasteiger partial charge in [-0.1, -0.05) is 4.57 Å². The van der Waals surface area contributed by atoms with Gasteiger partial charge < -0.3 is 24.5 Å². The summed E-state index contributed by atoms with van der Waals surface area (Å²) in [5.74, 6) is 0. The fourth-order valence-electron chi connectivity index (χ4n) is 0. The maximum Gasteiger partial charge on any atom is 1.00 e. The van der Waals surface area contributed by atoms with Crippen LogP contribution >= 0.6 is 16.9 Å². The standard InChI is InChI=1S/2Li.H3O3P.HO3P/c;;2*1-4(2)3/h;;1-3H;(H,1,2,3)/q2*+1;;/p-1. The summed E-state index contributed by atoms with van der Waals surface area (Å²) >= 11 is 0. The summed E-state index contributed by atoms with van der Waals surface area (Å²) in [5.41, 5.74) is 0. The van der Waals surface area contributed by atoms with Crippen LogP contribution in [0.2, 0.25) is 0 Å². The number of hydrogen-bond donors (Lipinski definition) is 3. The van der Waals surface area contributed by atoms with Gasteiger partial charge in [0.1, 0.15) is 0 Å². The van der Waals surface area contributed by atoms with Crippen molar-refractivity contribution in [1.82, 2.24) is 0 Å². The second-order valence-electron chi connectivity index (χ2n) is 0.492. The molecule has 0 aromatic carbocycles. The molecule has 10 heavy (non-hydrogen) atoms. The molecule has 0 saturated carbocycles. The molecule has 6 nitrogen and oxygen atoms in total. The molecule has 0 aliphatic carbocycles. The van der Waals surface area contributed by atoms with Crippen molar-refractivity contribution in [3.63, 3.8) is 0 Å². The molecular formula is H3Li2O6P2+. The van der Waals surface area contributed by atoms with E-state index in [0.29, 0.717) is 0 Å². The van der Waals surface area contributed by atoms with Crippen LogP contribution in [0, 0.1) is 0 Å². The zero-order valence-electron chi connectivity index (χ0n) is 5.46. The van der Waals surface area contributed by atoms with Gasteiger partial charge in [-0.25, -0.2) is 0 Å². The predicted molar refractivity (Wildman–Crippen MR) is 21.2 cm³/mol. The van der Waals surface area contributed by atoms with Crippen molar-refractivity contribution >= 4 is 16.9 Å². The van der Waals surface area contributed by atoms with Gasteiger partial charge >= 0.3 is 46.3 Å². The molecule has 0 aliphatic heterocycles. The van der Waals surface area contributed by atoms with Crippen LogP contribution in [0.15, 0.2) is 0 Å². The van der Waals surface area contributed by atoms with E-state index in [-0.39, 0.29) is 37.7 Å². The average Bonchev–Trinajstić information content (AvgIpc) is 1.25. The smallest absolute Gasteiger partial charge is 0.598 e. The van der Waals surface area contributed by atoms with Crippen molar-refractivity contribution in [2.45, 2.75) is 0 Å². The van der Waals surface area contributed by atoms with Gasteiger partial charge in [0.05, 0.1) is 0 Å². The Kier molecular flexibility index (Phi) is 38.0. The Balaban J connectivity index is -0.0000000300. The van der Waals surface area contributed by atoms with E-state index in [4.69, 9.17) is 29.0 Å². The summed E-state index contributed by atoms with van der Waals surface area (Å²) in [6, 6.07) is 0. The Morgan fingerprint density at radius 2 is 1.10 bits per heavy atom. The minimum Gasteiger partial charge on any atom is -0.598 e. The summed E-state index contributed by atoms with van der Waals surface area (Å²) in [6.45, 7) is 0. The average molecular weight is 175 g/mol. The zero-order chi connectivity index (χ0) is 7.15. The predicted octanol–water partition coefficient (Wildman–Crippen LogP) is -8.44. The van der Waals surface area contributed by atoms with E-state index >= 15 is 0 Å². The number of hydrogen-bond acceptors (Lipinski definition) is 6. The molecule has 0 rings (SSSR count). The Hall–Kier alpha value is 1.52. The molecule has 3 N–H and O–H groups in total.